The van der Waals surface area contributed by atoms with Crippen LogP contribution >= 0.6 is 0 Å². The molecule has 5 rings (SSSR count). The van der Waals surface area contributed by atoms with Gasteiger partial charge in [0.05, 0.1) is 6.54 Å². The number of rotatable bonds is 6. The van der Waals surface area contributed by atoms with E-state index >= 15 is 0 Å². The average molecular weight is 542 g/mol. The van der Waals surface area contributed by atoms with Crippen molar-refractivity contribution in [1.82, 2.24) is 19.8 Å². The van der Waals surface area contributed by atoms with Gasteiger partial charge in [-0.2, -0.15) is 0 Å². The van der Waals surface area contributed by atoms with Crippen molar-refractivity contribution >= 4 is 23.4 Å². The van der Waals surface area contributed by atoms with E-state index in [4.69, 9.17) is 0 Å². The highest BCUT2D eigenvalue weighted by atomic mass is 16.2. The van der Waals surface area contributed by atoms with E-state index in [1.54, 1.807) is 17.9 Å². The van der Waals surface area contributed by atoms with Crippen molar-refractivity contribution in [3.05, 3.63) is 71.3 Å². The molecule has 2 aromatic heterocycles. The van der Waals surface area contributed by atoms with Gasteiger partial charge in [0.1, 0.15) is 11.7 Å². The van der Waals surface area contributed by atoms with E-state index in [2.05, 4.69) is 22.5 Å². The first-order valence-electron chi connectivity index (χ1n) is 14.4. The Morgan fingerprint density at radius 2 is 1.65 bits per heavy atom. The number of aromatic nitrogens is 2. The molecule has 1 atom stereocenters. The topological polar surface area (TPSA) is 96.3 Å². The molecule has 8 heteroatoms. The van der Waals surface area contributed by atoms with Crippen molar-refractivity contribution < 1.29 is 14.4 Å². The lowest BCUT2D eigenvalue weighted by Gasteiger charge is -2.29. The van der Waals surface area contributed by atoms with Crippen molar-refractivity contribution in [2.75, 3.05) is 11.9 Å². The Kier molecular flexibility index (Phi) is 8.33. The Morgan fingerprint density at radius 3 is 2.33 bits per heavy atom. The zero-order valence-electron chi connectivity index (χ0n) is 23.7. The number of carbonyl (C=O) groups is 3. The molecular formula is C32H39N5O3. The maximum Gasteiger partial charge on any atom is 0.268 e. The molecule has 8 nitrogen and oxygen atoms in total. The summed E-state index contributed by atoms with van der Waals surface area (Å²) in [4.78, 5) is 45.3. The number of carbonyl (C=O) groups excluding carboxylic acids is 3. The molecule has 0 bridgehead atoms. The maximum atomic E-state index is 13.7. The van der Waals surface area contributed by atoms with Gasteiger partial charge in [-0.05, 0) is 74.1 Å². The van der Waals surface area contributed by atoms with Crippen molar-refractivity contribution in [3.8, 4) is 11.1 Å². The molecule has 1 aliphatic heterocycles. The Bertz CT molecular complexity index is 1370. The molecule has 2 aliphatic rings. The quantitative estimate of drug-likeness (QED) is 0.418. The van der Waals surface area contributed by atoms with Crippen molar-refractivity contribution in [2.45, 2.75) is 78.4 Å². The minimum absolute atomic E-state index is 0.0299. The zero-order valence-corrected chi connectivity index (χ0v) is 23.7. The van der Waals surface area contributed by atoms with Crippen LogP contribution in [0.2, 0.25) is 0 Å². The van der Waals surface area contributed by atoms with Crippen LogP contribution in [0, 0.1) is 19.8 Å². The predicted octanol–water partition coefficient (Wildman–Crippen LogP) is 5.24. The largest absolute Gasteiger partial charge is 0.339 e. The summed E-state index contributed by atoms with van der Waals surface area (Å²) in [5, 5.41) is 6.19. The Labute approximate surface area is 236 Å². The third-order valence-corrected chi connectivity index (χ3v) is 8.43. The number of aryl methyl sites for hydroxylation is 2. The van der Waals surface area contributed by atoms with Gasteiger partial charge in [-0.3, -0.25) is 19.4 Å². The fourth-order valence-corrected chi connectivity index (χ4v) is 6.20. The van der Waals surface area contributed by atoms with Crippen LogP contribution in [0.15, 0.2) is 48.7 Å². The first-order chi connectivity index (χ1) is 19.3. The molecule has 3 aromatic rings. The van der Waals surface area contributed by atoms with Crippen LogP contribution in [0.1, 0.15) is 72.9 Å². The van der Waals surface area contributed by atoms with Gasteiger partial charge in [-0.25, -0.2) is 0 Å². The van der Waals surface area contributed by atoms with E-state index in [-0.39, 0.29) is 23.6 Å². The van der Waals surface area contributed by atoms with E-state index in [1.165, 1.54) is 0 Å². The summed E-state index contributed by atoms with van der Waals surface area (Å²) >= 11 is 0. The lowest BCUT2D eigenvalue weighted by Crippen LogP contribution is -2.49. The van der Waals surface area contributed by atoms with Crippen LogP contribution in [0.3, 0.4) is 0 Å². The highest BCUT2D eigenvalue weighted by Crippen LogP contribution is 2.29. The Morgan fingerprint density at radius 1 is 0.925 bits per heavy atom. The molecule has 1 aliphatic carbocycles. The van der Waals surface area contributed by atoms with Gasteiger partial charge in [0.15, 0.2) is 0 Å². The number of nitrogens with one attached hydrogen (secondary N) is 2. The summed E-state index contributed by atoms with van der Waals surface area (Å²) in [5.74, 6) is -0.322. The van der Waals surface area contributed by atoms with Gasteiger partial charge < -0.3 is 20.1 Å². The Hall–Kier alpha value is -3.94. The molecule has 210 valence electrons. The van der Waals surface area contributed by atoms with Crippen LogP contribution in [-0.2, 0) is 22.7 Å². The maximum absolute atomic E-state index is 13.7. The molecular weight excluding hydrogens is 502 g/mol. The number of hydrogen-bond acceptors (Lipinski definition) is 4. The number of fused-ring (bicyclic) bond motifs is 1. The lowest BCUT2D eigenvalue weighted by molar-refractivity contribution is -0.130. The SMILES string of the molecule is CC(=O)N1CCn2c(ccc2C(=O)NC(C(=O)Nc2ccc(-c3c(C)ccnc3C)cc2)C2CCCCCC2)C1. The third kappa shape index (κ3) is 5.96. The van der Waals surface area contributed by atoms with Crippen LogP contribution in [0.4, 0.5) is 5.69 Å². The van der Waals surface area contributed by atoms with E-state index in [0.29, 0.717) is 31.0 Å². The second-order valence-electron chi connectivity index (χ2n) is 11.2. The van der Waals surface area contributed by atoms with Gasteiger partial charge in [0.2, 0.25) is 11.8 Å². The summed E-state index contributed by atoms with van der Waals surface area (Å²) in [6.45, 7) is 7.26. The molecule has 1 unspecified atom stereocenters. The van der Waals surface area contributed by atoms with Gasteiger partial charge in [0.25, 0.3) is 5.91 Å². The van der Waals surface area contributed by atoms with Crippen molar-refractivity contribution in [1.29, 1.82) is 0 Å². The average Bonchev–Trinajstić information content (AvgIpc) is 3.18. The first-order valence-corrected chi connectivity index (χ1v) is 14.4. The van der Waals surface area contributed by atoms with Crippen LogP contribution in [-0.4, -0.2) is 44.8 Å². The smallest absolute Gasteiger partial charge is 0.268 e. The summed E-state index contributed by atoms with van der Waals surface area (Å²) < 4.78 is 1.97. The number of amides is 3. The van der Waals surface area contributed by atoms with Crippen LogP contribution in [0.25, 0.3) is 11.1 Å². The fourth-order valence-electron chi connectivity index (χ4n) is 6.20. The first kappa shape index (κ1) is 27.6. The number of benzene rings is 1. The molecule has 3 amide bonds. The van der Waals surface area contributed by atoms with Gasteiger partial charge >= 0.3 is 0 Å². The molecule has 0 saturated heterocycles. The second kappa shape index (κ2) is 12.1. The highest BCUT2D eigenvalue weighted by Gasteiger charge is 2.32. The summed E-state index contributed by atoms with van der Waals surface area (Å²) in [5.41, 5.74) is 6.45. The molecule has 0 radical (unpaired) electrons. The van der Waals surface area contributed by atoms with Gasteiger partial charge in [-0.15, -0.1) is 0 Å². The number of nitrogens with zero attached hydrogens (tertiary/aromatic N) is 3. The molecule has 1 aromatic carbocycles. The molecule has 1 saturated carbocycles. The summed E-state index contributed by atoms with van der Waals surface area (Å²) in [6.07, 6.45) is 8.08. The van der Waals surface area contributed by atoms with E-state index < -0.39 is 6.04 Å². The molecule has 0 spiro atoms. The second-order valence-corrected chi connectivity index (χ2v) is 11.2. The van der Waals surface area contributed by atoms with Crippen LogP contribution in [0.5, 0.6) is 0 Å². The standard InChI is InChI=1S/C32H39N5O3/c1-21-16-17-33-22(2)29(21)24-10-12-26(13-11-24)34-32(40)30(25-8-6-4-5-7-9-25)35-31(39)28-15-14-27-20-36(23(3)38)18-19-37(27)28/h10-17,25,30H,4-9,18-20H2,1-3H3,(H,34,40)(H,35,39). The molecule has 40 heavy (non-hydrogen) atoms. The van der Waals surface area contributed by atoms with Crippen molar-refractivity contribution in [3.63, 3.8) is 0 Å². The number of anilines is 1. The fraction of sp³-hybridized carbons (Fsp3) is 0.438. The normalized spacial score (nSPS) is 16.5. The lowest BCUT2D eigenvalue weighted by atomic mass is 9.91. The van der Waals surface area contributed by atoms with Gasteiger partial charge in [-0.1, -0.05) is 37.8 Å². The minimum atomic E-state index is -0.628. The Balaban J connectivity index is 1.34. The minimum Gasteiger partial charge on any atom is -0.339 e. The molecule has 1 fully saturated rings. The highest BCUT2D eigenvalue weighted by molar-refractivity contribution is 6.01. The van der Waals surface area contributed by atoms with Crippen molar-refractivity contribution in [2.24, 2.45) is 5.92 Å². The van der Waals surface area contributed by atoms with Gasteiger partial charge in [0, 0.05) is 48.8 Å². The number of pyridine rings is 1. The third-order valence-electron chi connectivity index (χ3n) is 8.43. The molecule has 2 N–H and O–H groups in total. The zero-order chi connectivity index (χ0) is 28.2. The predicted molar refractivity (Wildman–Crippen MR) is 156 cm³/mol. The summed E-state index contributed by atoms with van der Waals surface area (Å²) in [7, 11) is 0. The van der Waals surface area contributed by atoms with Crippen LogP contribution < -0.4 is 10.6 Å². The van der Waals surface area contributed by atoms with E-state index in [0.717, 1.165) is 66.6 Å². The van der Waals surface area contributed by atoms with E-state index in [9.17, 15) is 14.4 Å². The monoisotopic (exact) mass is 541 g/mol. The molecule has 3 heterocycles. The van der Waals surface area contributed by atoms with E-state index in [1.807, 2.05) is 54.1 Å². The number of hydrogen-bond donors (Lipinski definition) is 2. The summed E-state index contributed by atoms with van der Waals surface area (Å²) in [6, 6.07) is 12.9.